The van der Waals surface area contributed by atoms with Crippen LogP contribution in [0.3, 0.4) is 0 Å². The summed E-state index contributed by atoms with van der Waals surface area (Å²) < 4.78 is 1.23. The molecule has 0 bridgehead atoms. The highest BCUT2D eigenvalue weighted by molar-refractivity contribution is 14.1. The highest BCUT2D eigenvalue weighted by Gasteiger charge is 1.83. The van der Waals surface area contributed by atoms with E-state index in [0.717, 1.165) is 12.8 Å². The van der Waals surface area contributed by atoms with Gasteiger partial charge in [-0.25, -0.2) is 0 Å². The minimum absolute atomic E-state index is 0.985. The summed E-state index contributed by atoms with van der Waals surface area (Å²) in [5.41, 5.74) is 0. The van der Waals surface area contributed by atoms with E-state index in [1.807, 2.05) is 6.08 Å². The molecular formula is C16H23I. The van der Waals surface area contributed by atoms with Gasteiger partial charge in [0, 0.05) is 6.42 Å². The first-order chi connectivity index (χ1) is 8.41. The summed E-state index contributed by atoms with van der Waals surface area (Å²) in [5, 5.41) is 0. The fourth-order valence-corrected chi connectivity index (χ4v) is 1.86. The highest BCUT2D eigenvalue weighted by atomic mass is 127. The molecule has 0 aliphatic carbocycles. The second-order valence-corrected chi connectivity index (χ2v) is 5.05. The van der Waals surface area contributed by atoms with Crippen molar-refractivity contribution in [2.75, 3.05) is 4.43 Å². The molecule has 0 aliphatic rings. The van der Waals surface area contributed by atoms with Gasteiger partial charge in [-0.15, -0.1) is 0 Å². The van der Waals surface area contributed by atoms with Crippen molar-refractivity contribution in [1.29, 1.82) is 0 Å². The average molecular weight is 342 g/mol. The van der Waals surface area contributed by atoms with E-state index in [0.29, 0.717) is 0 Å². The molecule has 0 atom stereocenters. The quantitative estimate of drug-likeness (QED) is 0.248. The van der Waals surface area contributed by atoms with Crippen molar-refractivity contribution in [2.45, 2.75) is 58.3 Å². The van der Waals surface area contributed by atoms with E-state index in [2.05, 4.69) is 59.3 Å². The number of halogens is 1. The third kappa shape index (κ3) is 15.6. The molecule has 0 aromatic rings. The Bertz CT molecular complexity index is 293. The SMILES string of the molecule is CCCCCCC=CC#CC#CCCCCI. The molecule has 0 fully saturated rings. The van der Waals surface area contributed by atoms with Gasteiger partial charge >= 0.3 is 0 Å². The van der Waals surface area contributed by atoms with E-state index in [4.69, 9.17) is 0 Å². The molecule has 0 saturated carbocycles. The largest absolute Gasteiger partial charge is 0.0891 e. The molecule has 0 radical (unpaired) electrons. The summed E-state index contributed by atoms with van der Waals surface area (Å²) in [5.74, 6) is 11.8. The van der Waals surface area contributed by atoms with Crippen LogP contribution in [0.1, 0.15) is 58.3 Å². The van der Waals surface area contributed by atoms with Crippen LogP contribution in [-0.4, -0.2) is 4.43 Å². The van der Waals surface area contributed by atoms with Gasteiger partial charge in [-0.2, -0.15) is 0 Å². The number of rotatable bonds is 8. The fourth-order valence-electron chi connectivity index (χ4n) is 1.32. The Morgan fingerprint density at radius 1 is 1.00 bits per heavy atom. The molecule has 17 heavy (non-hydrogen) atoms. The predicted octanol–water partition coefficient (Wildman–Crippen LogP) is 5.13. The molecule has 0 N–H and O–H groups in total. The minimum Gasteiger partial charge on any atom is -0.0891 e. The molecule has 0 heterocycles. The van der Waals surface area contributed by atoms with Crippen molar-refractivity contribution in [1.82, 2.24) is 0 Å². The lowest BCUT2D eigenvalue weighted by Gasteiger charge is -1.92. The summed E-state index contributed by atoms with van der Waals surface area (Å²) >= 11 is 2.40. The Kier molecular flexibility index (Phi) is 15.2. The van der Waals surface area contributed by atoms with Gasteiger partial charge in [-0.1, -0.05) is 66.7 Å². The molecule has 0 saturated heterocycles. The molecule has 94 valence electrons. The second-order valence-electron chi connectivity index (χ2n) is 3.97. The number of alkyl halides is 1. The lowest BCUT2D eigenvalue weighted by atomic mass is 10.1. The Morgan fingerprint density at radius 3 is 2.65 bits per heavy atom. The van der Waals surface area contributed by atoms with Crippen LogP contribution in [0.4, 0.5) is 0 Å². The summed E-state index contributed by atoms with van der Waals surface area (Å²) in [6.45, 7) is 2.24. The molecule has 0 aromatic carbocycles. The molecule has 0 rings (SSSR count). The second kappa shape index (κ2) is 15.6. The van der Waals surface area contributed by atoms with Gasteiger partial charge < -0.3 is 0 Å². The lowest BCUT2D eigenvalue weighted by molar-refractivity contribution is 0.674. The van der Waals surface area contributed by atoms with E-state index in [1.165, 1.54) is 43.0 Å². The number of hydrogen-bond donors (Lipinski definition) is 0. The van der Waals surface area contributed by atoms with E-state index in [1.54, 1.807) is 0 Å². The monoisotopic (exact) mass is 342 g/mol. The van der Waals surface area contributed by atoms with Crippen LogP contribution in [0.2, 0.25) is 0 Å². The molecule has 0 amide bonds. The topological polar surface area (TPSA) is 0 Å². The molecule has 0 aliphatic heterocycles. The van der Waals surface area contributed by atoms with Gasteiger partial charge in [0.05, 0.1) is 0 Å². The Morgan fingerprint density at radius 2 is 1.88 bits per heavy atom. The van der Waals surface area contributed by atoms with Crippen LogP contribution in [0, 0.1) is 23.7 Å². The Hall–Kier alpha value is -0.410. The van der Waals surface area contributed by atoms with Crippen molar-refractivity contribution in [3.8, 4) is 23.7 Å². The fraction of sp³-hybridized carbons (Fsp3) is 0.625. The molecule has 0 unspecified atom stereocenters. The zero-order valence-corrected chi connectivity index (χ0v) is 13.1. The van der Waals surface area contributed by atoms with Gasteiger partial charge in [0.1, 0.15) is 0 Å². The van der Waals surface area contributed by atoms with Crippen LogP contribution >= 0.6 is 22.6 Å². The van der Waals surface area contributed by atoms with Gasteiger partial charge in [0.25, 0.3) is 0 Å². The van der Waals surface area contributed by atoms with E-state index < -0.39 is 0 Å². The number of allylic oxidation sites excluding steroid dienone is 2. The van der Waals surface area contributed by atoms with E-state index >= 15 is 0 Å². The lowest BCUT2D eigenvalue weighted by Crippen LogP contribution is -1.73. The predicted molar refractivity (Wildman–Crippen MR) is 86.2 cm³/mol. The zero-order valence-electron chi connectivity index (χ0n) is 10.9. The van der Waals surface area contributed by atoms with Crippen LogP contribution in [0.25, 0.3) is 0 Å². The van der Waals surface area contributed by atoms with Crippen molar-refractivity contribution < 1.29 is 0 Å². The van der Waals surface area contributed by atoms with Crippen molar-refractivity contribution in [3.63, 3.8) is 0 Å². The first-order valence-electron chi connectivity index (χ1n) is 6.61. The van der Waals surface area contributed by atoms with E-state index in [9.17, 15) is 0 Å². The van der Waals surface area contributed by atoms with Crippen LogP contribution < -0.4 is 0 Å². The standard InChI is InChI=1S/C16H23I/c1-2-3-4-5-6-7-8-9-10-11-12-13-14-15-16-17/h7-8H,2-6,13-16H2,1H3. The average Bonchev–Trinajstić information content (AvgIpc) is 2.35. The van der Waals surface area contributed by atoms with Crippen molar-refractivity contribution >= 4 is 22.6 Å². The van der Waals surface area contributed by atoms with Crippen LogP contribution in [0.15, 0.2) is 12.2 Å². The molecule has 0 aromatic heterocycles. The van der Waals surface area contributed by atoms with Gasteiger partial charge in [-0.3, -0.25) is 0 Å². The molecular weight excluding hydrogens is 319 g/mol. The number of unbranched alkanes of at least 4 members (excludes halogenated alkanes) is 6. The van der Waals surface area contributed by atoms with Gasteiger partial charge in [0.15, 0.2) is 0 Å². The maximum absolute atomic E-state index is 3.08. The smallest absolute Gasteiger partial charge is 0.00991 e. The maximum atomic E-state index is 3.08. The third-order valence-electron chi connectivity index (χ3n) is 2.33. The molecule has 0 nitrogen and oxygen atoms in total. The first-order valence-corrected chi connectivity index (χ1v) is 8.13. The number of hydrogen-bond acceptors (Lipinski definition) is 0. The first kappa shape index (κ1) is 16.6. The van der Waals surface area contributed by atoms with Crippen LogP contribution in [-0.2, 0) is 0 Å². The summed E-state index contributed by atoms with van der Waals surface area (Å²) in [6.07, 6.45) is 14.0. The molecule has 1 heteroatoms. The third-order valence-corrected chi connectivity index (χ3v) is 3.10. The Labute approximate surface area is 121 Å². The zero-order chi connectivity index (χ0) is 12.6. The summed E-state index contributed by atoms with van der Waals surface area (Å²) in [7, 11) is 0. The maximum Gasteiger partial charge on any atom is 0.00991 e. The molecule has 0 spiro atoms. The van der Waals surface area contributed by atoms with Gasteiger partial charge in [-0.05, 0) is 48.0 Å². The van der Waals surface area contributed by atoms with E-state index in [-0.39, 0.29) is 0 Å². The highest BCUT2D eigenvalue weighted by Crippen LogP contribution is 2.02. The van der Waals surface area contributed by atoms with Gasteiger partial charge in [0.2, 0.25) is 0 Å². The summed E-state index contributed by atoms with van der Waals surface area (Å²) in [6, 6.07) is 0. The van der Waals surface area contributed by atoms with Crippen molar-refractivity contribution in [3.05, 3.63) is 12.2 Å². The summed E-state index contributed by atoms with van der Waals surface area (Å²) in [4.78, 5) is 0. The van der Waals surface area contributed by atoms with Crippen molar-refractivity contribution in [2.24, 2.45) is 0 Å². The van der Waals surface area contributed by atoms with Crippen LogP contribution in [0.5, 0.6) is 0 Å². The Balaban J connectivity index is 3.42. The normalized spacial score (nSPS) is 9.53. The minimum atomic E-state index is 0.985.